The van der Waals surface area contributed by atoms with Crippen LogP contribution in [0.5, 0.6) is 0 Å². The van der Waals surface area contributed by atoms with Gasteiger partial charge >= 0.3 is 0 Å². The quantitative estimate of drug-likeness (QED) is 0.658. The molecule has 9 heteroatoms. The molecule has 0 unspecified atom stereocenters. The van der Waals surface area contributed by atoms with Crippen molar-refractivity contribution < 1.29 is 14.6 Å². The van der Waals surface area contributed by atoms with E-state index in [1.54, 1.807) is 6.20 Å². The van der Waals surface area contributed by atoms with Gasteiger partial charge in [-0.3, -0.25) is 4.68 Å². The van der Waals surface area contributed by atoms with E-state index in [4.69, 9.17) is 21.1 Å². The Hall–Kier alpha value is -2.26. The summed E-state index contributed by atoms with van der Waals surface area (Å²) in [6.07, 6.45) is 0.784. The predicted octanol–water partition coefficient (Wildman–Crippen LogP) is 3.09. The van der Waals surface area contributed by atoms with Crippen LogP contribution in [-0.2, 0) is 16.5 Å². The molecular weight excluding hydrogens is 406 g/mol. The second-order valence-electron chi connectivity index (χ2n) is 8.22. The Morgan fingerprint density at radius 3 is 2.97 bits per heavy atom. The molecule has 4 heterocycles. The van der Waals surface area contributed by atoms with Crippen molar-refractivity contribution >= 4 is 28.5 Å². The summed E-state index contributed by atoms with van der Waals surface area (Å²) in [7, 11) is 1.96. The molecule has 0 spiro atoms. The summed E-state index contributed by atoms with van der Waals surface area (Å²) >= 11 is 6.43. The van der Waals surface area contributed by atoms with Gasteiger partial charge in [-0.25, -0.2) is 9.97 Å². The molecule has 2 saturated heterocycles. The molecule has 2 aliphatic heterocycles. The Kier molecular flexibility index (Phi) is 4.89. The van der Waals surface area contributed by atoms with Crippen LogP contribution in [0.4, 0.5) is 5.95 Å². The van der Waals surface area contributed by atoms with Crippen molar-refractivity contribution in [3.05, 3.63) is 35.1 Å². The van der Waals surface area contributed by atoms with Crippen molar-refractivity contribution in [2.45, 2.75) is 50.7 Å². The van der Waals surface area contributed by atoms with Crippen molar-refractivity contribution in [1.82, 2.24) is 19.7 Å². The summed E-state index contributed by atoms with van der Waals surface area (Å²) in [5.74, 6) is 0.776. The first-order chi connectivity index (χ1) is 14.4. The number of halogens is 1. The maximum atomic E-state index is 10.4. The van der Waals surface area contributed by atoms with Gasteiger partial charge in [-0.15, -0.1) is 0 Å². The summed E-state index contributed by atoms with van der Waals surface area (Å²) in [5, 5.41) is 19.9. The number of aliphatic hydroxyl groups excluding tert-OH is 1. The van der Waals surface area contributed by atoms with Gasteiger partial charge in [0.25, 0.3) is 0 Å². The molecule has 4 atom stereocenters. The number of rotatable bonds is 4. The van der Waals surface area contributed by atoms with Gasteiger partial charge in [-0.2, -0.15) is 5.10 Å². The normalized spacial score (nSPS) is 25.9. The molecule has 1 aromatic carbocycles. The minimum absolute atomic E-state index is 0.0237. The number of anilines is 1. The number of hydrogen-bond donors (Lipinski definition) is 2. The zero-order valence-electron chi connectivity index (χ0n) is 17.0. The standard InChI is InChI=1S/C21H24ClN5O3/c1-10(2)18-13-5-4-11(6-15(13)26-27(18)3)17-14(22)8-23-21(25-17)24-16-7-12-9-29-20(30-12)19(16)28/h4-6,8,10,12,16,19-20,28H,7,9H2,1-3H3,(H,23,24,25)/t12-,16+,19-,20+/m0/s1. The lowest BCUT2D eigenvalue weighted by molar-refractivity contribution is -0.156. The highest BCUT2D eigenvalue weighted by molar-refractivity contribution is 6.33. The van der Waals surface area contributed by atoms with Gasteiger partial charge < -0.3 is 19.9 Å². The van der Waals surface area contributed by atoms with Crippen LogP contribution in [0.3, 0.4) is 0 Å². The van der Waals surface area contributed by atoms with Crippen molar-refractivity contribution in [2.24, 2.45) is 7.05 Å². The molecule has 2 aromatic heterocycles. The van der Waals surface area contributed by atoms with Gasteiger partial charge in [0.05, 0.1) is 41.2 Å². The largest absolute Gasteiger partial charge is 0.386 e. The van der Waals surface area contributed by atoms with Crippen molar-refractivity contribution in [3.8, 4) is 11.3 Å². The molecular formula is C21H24ClN5O3. The summed E-state index contributed by atoms with van der Waals surface area (Å²) in [5.41, 5.74) is 3.57. The number of aromatic nitrogens is 4. The second-order valence-corrected chi connectivity index (χ2v) is 8.63. The summed E-state index contributed by atoms with van der Waals surface area (Å²) < 4.78 is 13.0. The van der Waals surface area contributed by atoms with Crippen LogP contribution >= 0.6 is 11.6 Å². The fourth-order valence-electron chi connectivity index (χ4n) is 4.39. The lowest BCUT2D eigenvalue weighted by Crippen LogP contribution is -2.48. The average Bonchev–Trinajstić information content (AvgIpc) is 3.27. The fourth-order valence-corrected chi connectivity index (χ4v) is 4.59. The van der Waals surface area contributed by atoms with E-state index in [1.807, 2.05) is 23.9 Å². The van der Waals surface area contributed by atoms with Gasteiger partial charge in [-0.1, -0.05) is 37.6 Å². The third-order valence-electron chi connectivity index (χ3n) is 5.74. The van der Waals surface area contributed by atoms with Gasteiger partial charge in [0.15, 0.2) is 6.29 Å². The van der Waals surface area contributed by atoms with Gasteiger partial charge in [0, 0.05) is 23.7 Å². The highest BCUT2D eigenvalue weighted by Crippen LogP contribution is 2.33. The number of fused-ring (bicyclic) bond motifs is 3. The molecule has 2 fully saturated rings. The van der Waals surface area contributed by atoms with Crippen LogP contribution in [0, 0.1) is 0 Å². The van der Waals surface area contributed by atoms with E-state index in [0.29, 0.717) is 35.6 Å². The molecule has 30 heavy (non-hydrogen) atoms. The first kappa shape index (κ1) is 19.7. The maximum Gasteiger partial charge on any atom is 0.223 e. The molecule has 3 aromatic rings. The number of ether oxygens (including phenoxy) is 2. The topological polar surface area (TPSA) is 94.3 Å². The Morgan fingerprint density at radius 1 is 1.33 bits per heavy atom. The van der Waals surface area contributed by atoms with E-state index in [9.17, 15) is 5.11 Å². The molecule has 158 valence electrons. The lowest BCUT2D eigenvalue weighted by atomic mass is 10.0. The predicted molar refractivity (Wildman–Crippen MR) is 113 cm³/mol. The Labute approximate surface area is 179 Å². The van der Waals surface area contributed by atoms with Crippen LogP contribution in [-0.4, -0.2) is 56.0 Å². The smallest absolute Gasteiger partial charge is 0.223 e. The van der Waals surface area contributed by atoms with E-state index < -0.39 is 12.4 Å². The van der Waals surface area contributed by atoms with E-state index in [2.05, 4.69) is 40.3 Å². The highest BCUT2D eigenvalue weighted by atomic mass is 35.5. The number of aliphatic hydroxyl groups is 1. The minimum atomic E-state index is -0.786. The van der Waals surface area contributed by atoms with E-state index in [-0.39, 0.29) is 12.1 Å². The molecule has 5 rings (SSSR count). The average molecular weight is 430 g/mol. The molecule has 2 N–H and O–H groups in total. The van der Waals surface area contributed by atoms with Crippen LogP contribution < -0.4 is 5.32 Å². The summed E-state index contributed by atoms with van der Waals surface area (Å²) in [6, 6.07) is 5.81. The second kappa shape index (κ2) is 7.46. The highest BCUT2D eigenvalue weighted by Gasteiger charge is 2.43. The SMILES string of the molecule is CC(C)c1c2ccc(-c3nc(N[C@@H]4C[C@H]5CO[C@H](O5)[C@H]4O)ncc3Cl)cc2nn1C. The lowest BCUT2D eigenvalue weighted by Gasteiger charge is -2.32. The Morgan fingerprint density at radius 2 is 2.17 bits per heavy atom. The zero-order valence-corrected chi connectivity index (χ0v) is 17.8. The molecule has 0 amide bonds. The van der Waals surface area contributed by atoms with Crippen molar-refractivity contribution in [2.75, 3.05) is 11.9 Å². The Balaban J connectivity index is 1.46. The number of benzene rings is 1. The molecule has 0 saturated carbocycles. The minimum Gasteiger partial charge on any atom is -0.386 e. The molecule has 2 bridgehead atoms. The van der Waals surface area contributed by atoms with E-state index >= 15 is 0 Å². The van der Waals surface area contributed by atoms with Crippen molar-refractivity contribution in [3.63, 3.8) is 0 Å². The molecule has 0 aliphatic carbocycles. The first-order valence-electron chi connectivity index (χ1n) is 10.1. The van der Waals surface area contributed by atoms with E-state index in [1.165, 1.54) is 5.69 Å². The van der Waals surface area contributed by atoms with Crippen molar-refractivity contribution in [1.29, 1.82) is 0 Å². The summed E-state index contributed by atoms with van der Waals surface area (Å²) in [4.78, 5) is 8.93. The van der Waals surface area contributed by atoms with Crippen LogP contribution in [0.1, 0.15) is 31.9 Å². The van der Waals surface area contributed by atoms with Gasteiger partial charge in [-0.05, 0) is 18.4 Å². The monoisotopic (exact) mass is 429 g/mol. The molecule has 2 aliphatic rings. The number of hydrogen-bond acceptors (Lipinski definition) is 7. The van der Waals surface area contributed by atoms with Crippen LogP contribution in [0.15, 0.2) is 24.4 Å². The number of aryl methyl sites for hydroxylation is 1. The molecule has 0 radical (unpaired) electrons. The molecule has 8 nitrogen and oxygen atoms in total. The van der Waals surface area contributed by atoms with E-state index in [0.717, 1.165) is 16.5 Å². The van der Waals surface area contributed by atoms with Gasteiger partial charge in [0.2, 0.25) is 5.95 Å². The van der Waals surface area contributed by atoms with Gasteiger partial charge in [0.1, 0.15) is 6.10 Å². The number of nitrogens with one attached hydrogen (secondary N) is 1. The Bertz CT molecular complexity index is 1100. The van der Waals surface area contributed by atoms with Crippen LogP contribution in [0.25, 0.3) is 22.2 Å². The third kappa shape index (κ3) is 3.33. The maximum absolute atomic E-state index is 10.4. The fraction of sp³-hybridized carbons (Fsp3) is 0.476. The van der Waals surface area contributed by atoms with Crippen LogP contribution in [0.2, 0.25) is 5.02 Å². The summed E-state index contributed by atoms with van der Waals surface area (Å²) in [6.45, 7) is 4.81. The number of nitrogens with zero attached hydrogens (tertiary/aromatic N) is 4. The third-order valence-corrected chi connectivity index (χ3v) is 6.02. The first-order valence-corrected chi connectivity index (χ1v) is 10.5. The zero-order chi connectivity index (χ0) is 21.0.